The number of rotatable bonds is 4. The quantitative estimate of drug-likeness (QED) is 0.248. The first-order valence-corrected chi connectivity index (χ1v) is 4.63. The summed E-state index contributed by atoms with van der Waals surface area (Å²) in [5.74, 6) is 0. The molecule has 0 aromatic heterocycles. The van der Waals surface area contributed by atoms with Crippen molar-refractivity contribution in [3.05, 3.63) is 46.3 Å². The van der Waals surface area contributed by atoms with Crippen LogP contribution in [0.4, 0.5) is 5.69 Å². The predicted molar refractivity (Wildman–Crippen MR) is 64.2 cm³/mol. The third-order valence-electron chi connectivity index (χ3n) is 1.61. The topological polar surface area (TPSA) is 61.1 Å². The highest BCUT2D eigenvalue weighted by atomic mass is 32.1. The number of aliphatic imine (C=N–C) groups is 1. The van der Waals surface area contributed by atoms with Crippen LogP contribution in [0.25, 0.3) is 16.5 Å². The van der Waals surface area contributed by atoms with Gasteiger partial charge >= 0.3 is 0 Å². The van der Waals surface area contributed by atoms with E-state index in [1.54, 1.807) is 6.08 Å². The van der Waals surface area contributed by atoms with Gasteiger partial charge in [-0.1, -0.05) is 29.4 Å². The lowest BCUT2D eigenvalue weighted by Crippen LogP contribution is -1.72. The highest BCUT2D eigenvalue weighted by Crippen LogP contribution is 2.14. The fourth-order valence-electron chi connectivity index (χ4n) is 1.02. The van der Waals surface area contributed by atoms with Crippen LogP contribution in [-0.2, 0) is 0 Å². The van der Waals surface area contributed by atoms with Gasteiger partial charge in [-0.2, -0.15) is 4.99 Å². The Kier molecular flexibility index (Phi) is 4.84. The van der Waals surface area contributed by atoms with Gasteiger partial charge in [-0.15, -0.1) is 0 Å². The van der Waals surface area contributed by atoms with Gasteiger partial charge in [0.25, 0.3) is 0 Å². The van der Waals surface area contributed by atoms with Crippen LogP contribution in [0.1, 0.15) is 5.56 Å². The molecular weight excluding hydrogens is 208 g/mol. The van der Waals surface area contributed by atoms with Gasteiger partial charge < -0.3 is 0 Å². The van der Waals surface area contributed by atoms with Gasteiger partial charge in [0.1, 0.15) is 0 Å². The number of azide groups is 1. The summed E-state index contributed by atoms with van der Waals surface area (Å²) in [5.41, 5.74) is 9.81. The molecule has 15 heavy (non-hydrogen) atoms. The molecule has 0 bridgehead atoms. The van der Waals surface area contributed by atoms with Crippen molar-refractivity contribution in [3.8, 4) is 0 Å². The molecular formula is C10H8N4S. The van der Waals surface area contributed by atoms with Gasteiger partial charge in [-0.3, -0.25) is 0 Å². The van der Waals surface area contributed by atoms with E-state index in [1.807, 2.05) is 30.3 Å². The molecule has 74 valence electrons. The van der Waals surface area contributed by atoms with Crippen LogP contribution in [0.2, 0.25) is 0 Å². The maximum atomic E-state index is 8.07. The third-order valence-corrected chi connectivity index (χ3v) is 1.70. The Balaban J connectivity index is 2.77. The molecule has 0 saturated heterocycles. The molecule has 0 fully saturated rings. The van der Waals surface area contributed by atoms with Crippen molar-refractivity contribution in [2.45, 2.75) is 0 Å². The van der Waals surface area contributed by atoms with Crippen molar-refractivity contribution in [1.29, 1.82) is 0 Å². The highest BCUT2D eigenvalue weighted by molar-refractivity contribution is 7.78. The summed E-state index contributed by atoms with van der Waals surface area (Å²) in [6.07, 6.45) is 3.64. The Morgan fingerprint density at radius 1 is 1.53 bits per heavy atom. The number of hydrogen-bond acceptors (Lipinski definition) is 3. The summed E-state index contributed by atoms with van der Waals surface area (Å²) >= 11 is 4.51. The molecule has 0 aliphatic carbocycles. The van der Waals surface area contributed by atoms with Crippen molar-refractivity contribution in [1.82, 2.24) is 0 Å². The Morgan fingerprint density at radius 2 is 2.40 bits per heavy atom. The minimum Gasteiger partial charge on any atom is -0.195 e. The van der Waals surface area contributed by atoms with Gasteiger partial charge in [0.15, 0.2) is 0 Å². The summed E-state index contributed by atoms with van der Waals surface area (Å²) in [6, 6.07) is 7.50. The van der Waals surface area contributed by atoms with E-state index in [9.17, 15) is 0 Å². The average Bonchev–Trinajstić information content (AvgIpc) is 2.26. The van der Waals surface area contributed by atoms with E-state index >= 15 is 0 Å². The second-order valence-electron chi connectivity index (χ2n) is 2.61. The second-order valence-corrected chi connectivity index (χ2v) is 2.80. The summed E-state index contributed by atoms with van der Waals surface area (Å²) in [4.78, 5) is 6.51. The van der Waals surface area contributed by atoms with Crippen LogP contribution in [0, 0.1) is 0 Å². The van der Waals surface area contributed by atoms with Crippen molar-refractivity contribution in [3.63, 3.8) is 0 Å². The lowest BCUT2D eigenvalue weighted by Gasteiger charge is -1.93. The first kappa shape index (κ1) is 11.1. The number of nitrogens with zero attached hydrogens (tertiary/aromatic N) is 4. The van der Waals surface area contributed by atoms with E-state index in [0.717, 1.165) is 11.3 Å². The largest absolute Gasteiger partial charge is 0.195 e. The number of benzene rings is 1. The lowest BCUT2D eigenvalue weighted by atomic mass is 10.2. The molecule has 0 spiro atoms. The standard InChI is InChI=1S/C10H8N4S/c11-14-13-6-2-4-9-3-1-5-10(7-9)12-8-15/h1-5,7H,6H2. The van der Waals surface area contributed by atoms with E-state index in [4.69, 9.17) is 5.53 Å². The zero-order chi connectivity index (χ0) is 10.9. The first-order chi connectivity index (χ1) is 7.36. The molecule has 1 rings (SSSR count). The summed E-state index contributed by atoms with van der Waals surface area (Å²) < 4.78 is 0. The molecule has 5 heteroatoms. The fourth-order valence-corrected chi connectivity index (χ4v) is 1.13. The van der Waals surface area contributed by atoms with E-state index in [-0.39, 0.29) is 0 Å². The average molecular weight is 216 g/mol. The smallest absolute Gasteiger partial charge is 0.0745 e. The molecule has 0 aliphatic heterocycles. The zero-order valence-corrected chi connectivity index (χ0v) is 8.68. The van der Waals surface area contributed by atoms with E-state index in [1.165, 1.54) is 0 Å². The molecule has 0 amide bonds. The van der Waals surface area contributed by atoms with Crippen LogP contribution in [-0.4, -0.2) is 11.7 Å². The van der Waals surface area contributed by atoms with Gasteiger partial charge in [0, 0.05) is 11.5 Å². The number of thiocarbonyl (C=S) groups is 1. The minimum atomic E-state index is 0.344. The maximum absolute atomic E-state index is 8.07. The van der Waals surface area contributed by atoms with Crippen molar-refractivity contribution >= 4 is 29.1 Å². The Bertz CT molecular complexity index is 454. The monoisotopic (exact) mass is 216 g/mol. The SMILES string of the molecule is [N-]=[N+]=NCC=Cc1cccc(N=C=S)c1. The molecule has 1 aromatic rings. The first-order valence-electron chi connectivity index (χ1n) is 4.22. The number of isothiocyanates is 1. The molecule has 0 unspecified atom stereocenters. The normalized spacial score (nSPS) is 9.33. The van der Waals surface area contributed by atoms with E-state index in [0.29, 0.717) is 6.54 Å². The van der Waals surface area contributed by atoms with Crippen molar-refractivity contribution in [2.24, 2.45) is 10.1 Å². The Hall–Kier alpha value is -1.93. The summed E-state index contributed by atoms with van der Waals surface area (Å²) in [5, 5.41) is 5.69. The van der Waals surface area contributed by atoms with E-state index in [2.05, 4.69) is 32.4 Å². The molecule has 0 aliphatic rings. The molecule has 0 N–H and O–H groups in total. The van der Waals surface area contributed by atoms with Crippen LogP contribution >= 0.6 is 12.2 Å². The van der Waals surface area contributed by atoms with Crippen molar-refractivity contribution < 1.29 is 0 Å². The van der Waals surface area contributed by atoms with Crippen molar-refractivity contribution in [2.75, 3.05) is 6.54 Å². The third kappa shape index (κ3) is 4.20. The lowest BCUT2D eigenvalue weighted by molar-refractivity contribution is 1.22. The van der Waals surface area contributed by atoms with Gasteiger partial charge in [0.05, 0.1) is 10.8 Å². The van der Waals surface area contributed by atoms with E-state index < -0.39 is 0 Å². The molecule has 0 saturated carbocycles. The van der Waals surface area contributed by atoms with Gasteiger partial charge in [0.2, 0.25) is 0 Å². The van der Waals surface area contributed by atoms with Gasteiger partial charge in [-0.05, 0) is 35.4 Å². The van der Waals surface area contributed by atoms with Crippen LogP contribution in [0.5, 0.6) is 0 Å². The fraction of sp³-hybridized carbons (Fsp3) is 0.100. The minimum absolute atomic E-state index is 0.344. The molecule has 4 nitrogen and oxygen atoms in total. The molecule has 0 radical (unpaired) electrons. The maximum Gasteiger partial charge on any atom is 0.0745 e. The number of hydrogen-bond donors (Lipinski definition) is 0. The second kappa shape index (κ2) is 6.51. The summed E-state index contributed by atoms with van der Waals surface area (Å²) in [7, 11) is 0. The predicted octanol–water partition coefficient (Wildman–Crippen LogP) is 3.74. The summed E-state index contributed by atoms with van der Waals surface area (Å²) in [6.45, 7) is 0.344. The molecule has 0 atom stereocenters. The van der Waals surface area contributed by atoms with Gasteiger partial charge in [-0.25, -0.2) is 0 Å². The molecule has 1 aromatic carbocycles. The Morgan fingerprint density at radius 3 is 3.13 bits per heavy atom. The van der Waals surface area contributed by atoms with Crippen LogP contribution < -0.4 is 0 Å². The Labute approximate surface area is 92.6 Å². The zero-order valence-electron chi connectivity index (χ0n) is 7.87. The van der Waals surface area contributed by atoms with Crippen LogP contribution in [0.15, 0.2) is 40.4 Å². The highest BCUT2D eigenvalue weighted by Gasteiger charge is 1.89. The van der Waals surface area contributed by atoms with Crippen LogP contribution in [0.3, 0.4) is 0 Å². The molecule has 0 heterocycles.